The lowest BCUT2D eigenvalue weighted by atomic mass is 10.1. The number of hydrogen-bond acceptors (Lipinski definition) is 7. The first-order chi connectivity index (χ1) is 15.7. The third-order valence-corrected chi connectivity index (χ3v) is 5.63. The van der Waals surface area contributed by atoms with Crippen molar-refractivity contribution < 1.29 is 4.74 Å². The normalized spacial score (nSPS) is 11.2. The first-order valence-electron chi connectivity index (χ1n) is 10.2. The second-order valence-corrected chi connectivity index (χ2v) is 7.63. The van der Waals surface area contributed by atoms with Crippen LogP contribution in [0.15, 0.2) is 54.9 Å². The monoisotopic (exact) mass is 445 g/mol. The van der Waals surface area contributed by atoms with Crippen LogP contribution in [0.1, 0.15) is 18.3 Å². The molecule has 4 aromatic heterocycles. The largest absolute Gasteiger partial charge is 0.495 e. The van der Waals surface area contributed by atoms with Crippen LogP contribution in [0, 0.1) is 0 Å². The Hall–Kier alpha value is -3.78. The highest BCUT2D eigenvalue weighted by molar-refractivity contribution is 6.31. The lowest BCUT2D eigenvalue weighted by Gasteiger charge is -2.09. The molecule has 4 heterocycles. The summed E-state index contributed by atoms with van der Waals surface area (Å²) in [6, 6.07) is 13.6. The number of nitrogens with zero attached hydrogens (tertiary/aromatic N) is 6. The van der Waals surface area contributed by atoms with Gasteiger partial charge < -0.3 is 10.1 Å². The molecule has 5 rings (SSSR count). The summed E-state index contributed by atoms with van der Waals surface area (Å²) < 4.78 is 6.98. The number of aromatic nitrogens is 6. The molecule has 0 spiro atoms. The predicted molar refractivity (Wildman–Crippen MR) is 124 cm³/mol. The summed E-state index contributed by atoms with van der Waals surface area (Å²) in [5.74, 6) is 1.34. The molecule has 0 unspecified atom stereocenters. The van der Waals surface area contributed by atoms with Crippen molar-refractivity contribution in [3.8, 4) is 17.0 Å². The third kappa shape index (κ3) is 3.69. The number of anilines is 1. The van der Waals surface area contributed by atoms with Crippen LogP contribution in [-0.4, -0.2) is 36.9 Å². The van der Waals surface area contributed by atoms with Crippen LogP contribution in [-0.2, 0) is 13.0 Å². The first kappa shape index (κ1) is 20.1. The number of fused-ring (bicyclic) bond motifs is 2. The van der Waals surface area contributed by atoms with Gasteiger partial charge in [0, 0.05) is 22.8 Å². The maximum absolute atomic E-state index is 6.40. The van der Waals surface area contributed by atoms with E-state index in [-0.39, 0.29) is 0 Å². The van der Waals surface area contributed by atoms with Gasteiger partial charge in [0.2, 0.25) is 0 Å². The Kier molecular flexibility index (Phi) is 5.28. The number of ether oxygens (including phenoxy) is 1. The molecule has 5 aromatic rings. The van der Waals surface area contributed by atoms with Crippen LogP contribution in [0.3, 0.4) is 0 Å². The number of nitrogens with one attached hydrogen (secondary N) is 1. The maximum atomic E-state index is 6.40. The molecule has 8 nitrogen and oxygen atoms in total. The quantitative estimate of drug-likeness (QED) is 0.409. The van der Waals surface area contributed by atoms with E-state index in [1.54, 1.807) is 24.0 Å². The summed E-state index contributed by atoms with van der Waals surface area (Å²) in [7, 11) is 1.61. The fraction of sp³-hybridized carbons (Fsp3) is 0.174. The topological polar surface area (TPSA) is 90.1 Å². The zero-order chi connectivity index (χ0) is 22.1. The molecule has 1 N–H and O–H groups in total. The summed E-state index contributed by atoms with van der Waals surface area (Å²) in [5.41, 5.74) is 5.86. The highest BCUT2D eigenvalue weighted by Gasteiger charge is 2.11. The molecule has 9 heteroatoms. The minimum Gasteiger partial charge on any atom is -0.495 e. The molecule has 0 fully saturated rings. The highest BCUT2D eigenvalue weighted by atomic mass is 35.5. The molecule has 0 aliphatic carbocycles. The van der Waals surface area contributed by atoms with Crippen LogP contribution in [0.2, 0.25) is 5.02 Å². The SMILES string of the molecule is CCc1ccc(-c2ccc3nnc(CNc4ccnc5cc(OC)cnc45)n3n2)cc1Cl. The van der Waals surface area contributed by atoms with Gasteiger partial charge in [-0.05, 0) is 36.2 Å². The molecule has 32 heavy (non-hydrogen) atoms. The average molecular weight is 446 g/mol. The van der Waals surface area contributed by atoms with Crippen molar-refractivity contribution in [1.29, 1.82) is 0 Å². The Morgan fingerprint density at radius 3 is 2.78 bits per heavy atom. The van der Waals surface area contributed by atoms with E-state index in [9.17, 15) is 0 Å². The van der Waals surface area contributed by atoms with Gasteiger partial charge in [-0.1, -0.05) is 30.7 Å². The van der Waals surface area contributed by atoms with Crippen molar-refractivity contribution in [2.24, 2.45) is 0 Å². The van der Waals surface area contributed by atoms with Crippen LogP contribution in [0.4, 0.5) is 5.69 Å². The predicted octanol–water partition coefficient (Wildman–Crippen LogP) is 4.57. The Balaban J connectivity index is 1.45. The lowest BCUT2D eigenvalue weighted by molar-refractivity contribution is 0.413. The van der Waals surface area contributed by atoms with E-state index < -0.39 is 0 Å². The zero-order valence-corrected chi connectivity index (χ0v) is 18.3. The maximum Gasteiger partial charge on any atom is 0.178 e. The number of hydrogen-bond donors (Lipinski definition) is 1. The second-order valence-electron chi connectivity index (χ2n) is 7.22. The van der Waals surface area contributed by atoms with Crippen molar-refractivity contribution in [1.82, 2.24) is 29.8 Å². The number of methoxy groups -OCH3 is 1. The molecule has 0 aliphatic heterocycles. The van der Waals surface area contributed by atoms with E-state index >= 15 is 0 Å². The van der Waals surface area contributed by atoms with Crippen molar-refractivity contribution >= 4 is 34.0 Å². The lowest BCUT2D eigenvalue weighted by Crippen LogP contribution is -2.07. The molecule has 0 atom stereocenters. The van der Waals surface area contributed by atoms with E-state index in [0.717, 1.165) is 45.0 Å². The van der Waals surface area contributed by atoms with Gasteiger partial charge in [-0.2, -0.15) is 9.61 Å². The number of benzene rings is 1. The summed E-state index contributed by atoms with van der Waals surface area (Å²) in [6.07, 6.45) is 4.29. The molecule has 0 aliphatic rings. The van der Waals surface area contributed by atoms with E-state index in [4.69, 9.17) is 21.4 Å². The van der Waals surface area contributed by atoms with Crippen molar-refractivity contribution in [2.75, 3.05) is 12.4 Å². The Morgan fingerprint density at radius 2 is 1.97 bits per heavy atom. The molecular formula is C23H20ClN7O. The van der Waals surface area contributed by atoms with E-state index in [1.165, 1.54) is 0 Å². The van der Waals surface area contributed by atoms with Crippen LogP contribution < -0.4 is 10.1 Å². The van der Waals surface area contributed by atoms with Gasteiger partial charge in [-0.15, -0.1) is 10.2 Å². The molecule has 0 saturated heterocycles. The molecule has 0 saturated carbocycles. The Bertz CT molecular complexity index is 1430. The fourth-order valence-electron chi connectivity index (χ4n) is 3.53. The Labute approximate surface area is 189 Å². The van der Waals surface area contributed by atoms with E-state index in [2.05, 4.69) is 32.4 Å². The summed E-state index contributed by atoms with van der Waals surface area (Å²) >= 11 is 6.40. The minimum absolute atomic E-state index is 0.417. The number of aryl methyl sites for hydroxylation is 1. The average Bonchev–Trinajstić information content (AvgIpc) is 3.24. The fourth-order valence-corrected chi connectivity index (χ4v) is 3.85. The molecular weight excluding hydrogens is 426 g/mol. The van der Waals surface area contributed by atoms with Gasteiger partial charge >= 0.3 is 0 Å². The summed E-state index contributed by atoms with van der Waals surface area (Å²) in [6.45, 7) is 2.50. The molecule has 1 aromatic carbocycles. The smallest absolute Gasteiger partial charge is 0.178 e. The van der Waals surface area contributed by atoms with Crippen LogP contribution in [0.5, 0.6) is 5.75 Å². The molecule has 0 radical (unpaired) electrons. The van der Waals surface area contributed by atoms with E-state index in [1.807, 2.05) is 42.5 Å². The van der Waals surface area contributed by atoms with Crippen LogP contribution >= 0.6 is 11.6 Å². The zero-order valence-electron chi connectivity index (χ0n) is 17.6. The number of rotatable bonds is 6. The highest BCUT2D eigenvalue weighted by Crippen LogP contribution is 2.26. The van der Waals surface area contributed by atoms with Gasteiger partial charge in [0.25, 0.3) is 0 Å². The van der Waals surface area contributed by atoms with Gasteiger partial charge in [-0.3, -0.25) is 4.98 Å². The summed E-state index contributed by atoms with van der Waals surface area (Å²) in [4.78, 5) is 8.84. The Morgan fingerprint density at radius 1 is 1.06 bits per heavy atom. The van der Waals surface area contributed by atoms with Crippen molar-refractivity contribution in [3.63, 3.8) is 0 Å². The molecule has 160 valence electrons. The first-order valence-corrected chi connectivity index (χ1v) is 10.6. The second kappa shape index (κ2) is 8.39. The number of pyridine rings is 2. The van der Waals surface area contributed by atoms with Gasteiger partial charge in [0.15, 0.2) is 11.5 Å². The van der Waals surface area contributed by atoms with Crippen LogP contribution in [0.25, 0.3) is 27.9 Å². The van der Waals surface area contributed by atoms with Crippen molar-refractivity contribution in [3.05, 3.63) is 71.3 Å². The molecule has 0 bridgehead atoms. The van der Waals surface area contributed by atoms with E-state index in [0.29, 0.717) is 23.8 Å². The van der Waals surface area contributed by atoms with Gasteiger partial charge in [0.05, 0.1) is 36.7 Å². The minimum atomic E-state index is 0.417. The standard InChI is InChI=1S/C23H20ClN7O/c1-3-14-4-5-15(10-17(14)24)18-6-7-21-28-29-22(31(21)30-18)13-26-19-8-9-25-20-11-16(32-2)12-27-23(19)20/h4-12H,3,13H2,1-2H3,(H,25,26). The van der Waals surface area contributed by atoms with Gasteiger partial charge in [0.1, 0.15) is 11.3 Å². The van der Waals surface area contributed by atoms with Crippen molar-refractivity contribution in [2.45, 2.75) is 19.9 Å². The number of halogens is 1. The molecule has 0 amide bonds. The van der Waals surface area contributed by atoms with Gasteiger partial charge in [-0.25, -0.2) is 4.98 Å². The summed E-state index contributed by atoms with van der Waals surface area (Å²) in [5, 5.41) is 17.4. The third-order valence-electron chi connectivity index (χ3n) is 5.28.